The van der Waals surface area contributed by atoms with Crippen molar-refractivity contribution in [2.75, 3.05) is 0 Å². The van der Waals surface area contributed by atoms with Gasteiger partial charge >= 0.3 is 6.18 Å². The summed E-state index contributed by atoms with van der Waals surface area (Å²) < 4.78 is 35.8. The third-order valence-electron chi connectivity index (χ3n) is 2.37. The molecule has 0 spiro atoms. The number of alkyl halides is 3. The SMILES string of the molecule is CC(C1CCC1)C(F)(F)F. The van der Waals surface area contributed by atoms with Crippen molar-refractivity contribution in [1.29, 1.82) is 0 Å². The largest absolute Gasteiger partial charge is 0.391 e. The van der Waals surface area contributed by atoms with Crippen LogP contribution < -0.4 is 0 Å². The first-order valence-corrected chi connectivity index (χ1v) is 3.58. The van der Waals surface area contributed by atoms with Crippen LogP contribution in [0.15, 0.2) is 0 Å². The van der Waals surface area contributed by atoms with Gasteiger partial charge in [-0.2, -0.15) is 13.2 Å². The summed E-state index contributed by atoms with van der Waals surface area (Å²) in [5.41, 5.74) is 0. The highest BCUT2D eigenvalue weighted by atomic mass is 19.4. The third kappa shape index (κ3) is 1.44. The Bertz CT molecular complexity index is 113. The van der Waals surface area contributed by atoms with E-state index in [0.717, 1.165) is 19.3 Å². The Morgan fingerprint density at radius 1 is 1.30 bits per heavy atom. The molecule has 1 fully saturated rings. The van der Waals surface area contributed by atoms with E-state index in [1.165, 1.54) is 6.92 Å². The molecule has 0 aromatic carbocycles. The zero-order valence-electron chi connectivity index (χ0n) is 5.91. The van der Waals surface area contributed by atoms with Gasteiger partial charge in [-0.15, -0.1) is 0 Å². The standard InChI is InChI=1S/C7H11F3/c1-5(7(8,9)10)6-3-2-4-6/h5-6H,2-4H2,1H3. The second-order valence-corrected chi connectivity index (χ2v) is 3.02. The molecule has 10 heavy (non-hydrogen) atoms. The molecular weight excluding hydrogens is 141 g/mol. The lowest BCUT2D eigenvalue weighted by molar-refractivity contribution is -0.190. The molecule has 1 aliphatic carbocycles. The first-order chi connectivity index (χ1) is 4.52. The van der Waals surface area contributed by atoms with Crippen molar-refractivity contribution in [2.24, 2.45) is 11.8 Å². The van der Waals surface area contributed by atoms with Crippen LogP contribution >= 0.6 is 0 Å². The lowest BCUT2D eigenvalue weighted by Gasteiger charge is -2.32. The van der Waals surface area contributed by atoms with Crippen LogP contribution in [0.4, 0.5) is 13.2 Å². The van der Waals surface area contributed by atoms with Crippen molar-refractivity contribution in [1.82, 2.24) is 0 Å². The summed E-state index contributed by atoms with van der Waals surface area (Å²) in [6.45, 7) is 1.28. The molecule has 0 aromatic rings. The summed E-state index contributed by atoms with van der Waals surface area (Å²) in [6.07, 6.45) is -1.46. The van der Waals surface area contributed by atoms with Crippen LogP contribution in [-0.4, -0.2) is 6.18 Å². The fourth-order valence-corrected chi connectivity index (χ4v) is 1.21. The molecule has 0 aliphatic heterocycles. The third-order valence-corrected chi connectivity index (χ3v) is 2.37. The molecule has 1 saturated carbocycles. The van der Waals surface area contributed by atoms with Gasteiger partial charge in [0.25, 0.3) is 0 Å². The molecule has 0 bridgehead atoms. The van der Waals surface area contributed by atoms with E-state index >= 15 is 0 Å². The van der Waals surface area contributed by atoms with E-state index < -0.39 is 12.1 Å². The number of halogens is 3. The van der Waals surface area contributed by atoms with Crippen LogP contribution in [0.2, 0.25) is 0 Å². The Kier molecular flexibility index (Phi) is 1.92. The van der Waals surface area contributed by atoms with Gasteiger partial charge < -0.3 is 0 Å². The van der Waals surface area contributed by atoms with Crippen LogP contribution in [0.5, 0.6) is 0 Å². The van der Waals surface area contributed by atoms with Crippen molar-refractivity contribution in [3.05, 3.63) is 0 Å². The van der Waals surface area contributed by atoms with Gasteiger partial charge in [-0.05, 0) is 18.8 Å². The zero-order valence-corrected chi connectivity index (χ0v) is 5.91. The highest BCUT2D eigenvalue weighted by molar-refractivity contribution is 4.78. The minimum atomic E-state index is -3.97. The van der Waals surface area contributed by atoms with Crippen molar-refractivity contribution in [3.63, 3.8) is 0 Å². The summed E-state index contributed by atoms with van der Waals surface area (Å²) in [4.78, 5) is 0. The van der Waals surface area contributed by atoms with E-state index in [1.807, 2.05) is 0 Å². The average Bonchev–Trinajstić information content (AvgIpc) is 1.57. The zero-order chi connectivity index (χ0) is 7.78. The summed E-state index contributed by atoms with van der Waals surface area (Å²) in [7, 11) is 0. The fraction of sp³-hybridized carbons (Fsp3) is 1.00. The normalized spacial score (nSPS) is 24.0. The van der Waals surface area contributed by atoms with Gasteiger partial charge in [0.2, 0.25) is 0 Å². The van der Waals surface area contributed by atoms with E-state index in [0.29, 0.717) is 0 Å². The highest BCUT2D eigenvalue weighted by Gasteiger charge is 2.42. The topological polar surface area (TPSA) is 0 Å². The second kappa shape index (κ2) is 2.44. The van der Waals surface area contributed by atoms with E-state index in [4.69, 9.17) is 0 Å². The van der Waals surface area contributed by atoms with Crippen molar-refractivity contribution in [2.45, 2.75) is 32.4 Å². The molecule has 0 amide bonds. The molecule has 0 nitrogen and oxygen atoms in total. The van der Waals surface area contributed by atoms with Gasteiger partial charge in [-0.1, -0.05) is 13.3 Å². The lowest BCUT2D eigenvalue weighted by Crippen LogP contribution is -2.31. The van der Waals surface area contributed by atoms with Crippen LogP contribution in [0.1, 0.15) is 26.2 Å². The maximum atomic E-state index is 11.9. The van der Waals surface area contributed by atoms with Crippen molar-refractivity contribution in [3.8, 4) is 0 Å². The van der Waals surface area contributed by atoms with Gasteiger partial charge in [-0.3, -0.25) is 0 Å². The van der Waals surface area contributed by atoms with Gasteiger partial charge in [0, 0.05) is 0 Å². The predicted molar refractivity (Wildman–Crippen MR) is 32.6 cm³/mol. The Morgan fingerprint density at radius 3 is 1.90 bits per heavy atom. The summed E-state index contributed by atoms with van der Waals surface area (Å²) >= 11 is 0. The monoisotopic (exact) mass is 152 g/mol. The first-order valence-electron chi connectivity index (χ1n) is 3.58. The Balaban J connectivity index is 2.39. The smallest absolute Gasteiger partial charge is 0.171 e. The Labute approximate surface area is 58.4 Å². The quantitative estimate of drug-likeness (QED) is 0.541. The summed E-state index contributed by atoms with van der Waals surface area (Å²) in [6, 6.07) is 0. The molecule has 1 rings (SSSR count). The van der Waals surface area contributed by atoms with Crippen LogP contribution in [0.25, 0.3) is 0 Å². The summed E-state index contributed by atoms with van der Waals surface area (Å²) in [5, 5.41) is 0. The van der Waals surface area contributed by atoms with Crippen molar-refractivity contribution < 1.29 is 13.2 Å². The number of hydrogen-bond donors (Lipinski definition) is 0. The van der Waals surface area contributed by atoms with E-state index in [2.05, 4.69) is 0 Å². The maximum Gasteiger partial charge on any atom is 0.391 e. The van der Waals surface area contributed by atoms with Crippen LogP contribution in [-0.2, 0) is 0 Å². The highest BCUT2D eigenvalue weighted by Crippen LogP contribution is 2.41. The van der Waals surface area contributed by atoms with Gasteiger partial charge in [0.05, 0.1) is 5.92 Å². The van der Waals surface area contributed by atoms with E-state index in [9.17, 15) is 13.2 Å². The summed E-state index contributed by atoms with van der Waals surface area (Å²) in [5.74, 6) is -1.17. The lowest BCUT2D eigenvalue weighted by atomic mass is 9.76. The van der Waals surface area contributed by atoms with Gasteiger partial charge in [-0.25, -0.2) is 0 Å². The van der Waals surface area contributed by atoms with Crippen LogP contribution in [0, 0.1) is 11.8 Å². The van der Waals surface area contributed by atoms with E-state index in [-0.39, 0.29) is 5.92 Å². The Hall–Kier alpha value is -0.210. The molecule has 0 N–H and O–H groups in total. The Morgan fingerprint density at radius 2 is 1.80 bits per heavy atom. The molecule has 0 aromatic heterocycles. The molecule has 1 aliphatic rings. The van der Waals surface area contributed by atoms with E-state index in [1.54, 1.807) is 0 Å². The maximum absolute atomic E-state index is 11.9. The number of rotatable bonds is 1. The fourth-order valence-electron chi connectivity index (χ4n) is 1.21. The molecule has 60 valence electrons. The van der Waals surface area contributed by atoms with Gasteiger partial charge in [0.15, 0.2) is 0 Å². The molecule has 3 heteroatoms. The first kappa shape index (κ1) is 7.89. The molecule has 0 radical (unpaired) electrons. The van der Waals surface area contributed by atoms with Crippen LogP contribution in [0.3, 0.4) is 0 Å². The second-order valence-electron chi connectivity index (χ2n) is 3.02. The number of hydrogen-bond acceptors (Lipinski definition) is 0. The molecule has 0 saturated heterocycles. The van der Waals surface area contributed by atoms with Crippen molar-refractivity contribution >= 4 is 0 Å². The van der Waals surface area contributed by atoms with Gasteiger partial charge in [0.1, 0.15) is 0 Å². The minimum Gasteiger partial charge on any atom is -0.171 e. The minimum absolute atomic E-state index is 0.0833. The molecule has 1 unspecified atom stereocenters. The average molecular weight is 152 g/mol. The molecular formula is C7H11F3. The molecule has 1 atom stereocenters. The molecule has 0 heterocycles. The predicted octanol–water partition coefficient (Wildman–Crippen LogP) is 2.98.